The minimum atomic E-state index is -3.62. The average molecular weight is 1210 g/mol. The first-order valence-corrected chi connectivity index (χ1v) is 35.7. The van der Waals surface area contributed by atoms with Crippen LogP contribution in [0.3, 0.4) is 0 Å². The second kappa shape index (κ2) is 21.9. The van der Waals surface area contributed by atoms with Crippen LogP contribution in [0.2, 0.25) is 0 Å². The topological polar surface area (TPSA) is 253 Å². The van der Waals surface area contributed by atoms with Crippen molar-refractivity contribution in [3.05, 3.63) is 93.1 Å². The van der Waals surface area contributed by atoms with Gasteiger partial charge in [0.2, 0.25) is 40.1 Å². The van der Waals surface area contributed by atoms with Gasteiger partial charge in [-0.25, -0.2) is 52.6 Å². The quantitative estimate of drug-likeness (QED) is 0.0924. The number of sulfonamides is 4. The zero-order valence-corrected chi connectivity index (χ0v) is 52.5. The minimum Gasteiger partial charge on any atom is -0.294 e. The third kappa shape index (κ3) is 11.3. The Bertz CT molecular complexity index is 3540. The van der Waals surface area contributed by atoms with E-state index < -0.39 is 72.6 Å². The summed E-state index contributed by atoms with van der Waals surface area (Å²) in [6.45, 7) is 16.6. The van der Waals surface area contributed by atoms with Crippen LogP contribution in [0, 0.1) is 68.0 Å². The van der Waals surface area contributed by atoms with Crippen molar-refractivity contribution >= 4 is 87.5 Å². The van der Waals surface area contributed by atoms with E-state index in [9.17, 15) is 52.8 Å². The molecule has 8 fully saturated rings. The molecule has 16 nitrogen and oxygen atoms in total. The smallest absolute Gasteiger partial charge is 0.212 e. The highest BCUT2D eigenvalue weighted by Gasteiger charge is 2.69. The van der Waals surface area contributed by atoms with Crippen LogP contribution in [0.25, 0.3) is 24.3 Å². The Hall–Kier alpha value is -4.28. The number of hydrogen-bond donors (Lipinski definition) is 4. The largest absolute Gasteiger partial charge is 0.294 e. The van der Waals surface area contributed by atoms with E-state index in [1.54, 1.807) is 0 Å². The first-order chi connectivity index (χ1) is 38.1. The highest BCUT2D eigenvalue weighted by molar-refractivity contribution is 7.90. The lowest BCUT2D eigenvalue weighted by atomic mass is 9.70. The SMILES string of the molecule is CC(C)CNS(=O)(=O)CC12CCC(C1)/C(=C\c1ccc(/C=C3/C(=O)C4(CS(=O)(=O)NCC(C)C)CCC3C4(C)C)cc1)C2=O.CNS(=O)(=O)CC12CCC(C1)/C(=C\c1ccc(/C=C3/C(=O)C4(CS(=O)(=O)NC)CCC3C4(C)C)cc1)C2=O. The fourth-order valence-electron chi connectivity index (χ4n) is 15.8. The minimum absolute atomic E-state index is 0.000546. The number of nitrogens with one attached hydrogen (secondary N) is 4. The molecule has 8 bridgehead atoms. The van der Waals surface area contributed by atoms with Gasteiger partial charge in [-0.2, -0.15) is 0 Å². The fourth-order valence-corrected chi connectivity index (χ4v) is 22.3. The van der Waals surface area contributed by atoms with Crippen LogP contribution in [0.15, 0.2) is 70.8 Å². The summed E-state index contributed by atoms with van der Waals surface area (Å²) in [6.07, 6.45) is 14.3. The number of rotatable bonds is 20. The molecule has 0 heterocycles. The van der Waals surface area contributed by atoms with Gasteiger partial charge in [-0.1, -0.05) is 104 Å². The monoisotopic (exact) mass is 1200 g/mol. The number of allylic oxidation sites excluding steroid dienone is 4. The molecule has 2 aromatic rings. The zero-order chi connectivity index (χ0) is 60.0. The van der Waals surface area contributed by atoms with Crippen molar-refractivity contribution in [2.45, 2.75) is 120 Å². The number of carbonyl (C=O) groups is 4. The Morgan fingerprint density at radius 1 is 0.439 bits per heavy atom. The van der Waals surface area contributed by atoms with E-state index in [0.29, 0.717) is 73.9 Å². The average Bonchev–Trinajstić information content (AvgIpc) is 1.97. The van der Waals surface area contributed by atoms with Crippen molar-refractivity contribution < 1.29 is 52.8 Å². The van der Waals surface area contributed by atoms with Gasteiger partial charge in [0, 0.05) is 35.1 Å². The molecular formula is C62H84N4O12S4. The lowest BCUT2D eigenvalue weighted by Gasteiger charge is -2.35. The zero-order valence-electron chi connectivity index (χ0n) is 49.2. The third-order valence-corrected chi connectivity index (χ3v) is 26.7. The van der Waals surface area contributed by atoms with Crippen LogP contribution in [0.1, 0.15) is 142 Å². The number of hydrogen-bond acceptors (Lipinski definition) is 12. The van der Waals surface area contributed by atoms with Crippen LogP contribution >= 0.6 is 0 Å². The van der Waals surface area contributed by atoms with Gasteiger partial charge in [-0.3, -0.25) is 19.2 Å². The van der Waals surface area contributed by atoms with Gasteiger partial charge in [0.1, 0.15) is 0 Å². The fraction of sp³-hybridized carbons (Fsp3) is 0.613. The summed E-state index contributed by atoms with van der Waals surface area (Å²) >= 11 is 0. The Morgan fingerprint density at radius 3 is 1.09 bits per heavy atom. The number of fused-ring (bicyclic) bond motifs is 8. The number of ketones is 4. The van der Waals surface area contributed by atoms with Gasteiger partial charge < -0.3 is 0 Å². The van der Waals surface area contributed by atoms with Crippen LogP contribution in [0.5, 0.6) is 0 Å². The van der Waals surface area contributed by atoms with Gasteiger partial charge in [-0.05, 0) is 182 Å². The summed E-state index contributed by atoms with van der Waals surface area (Å²) < 4.78 is 111. The van der Waals surface area contributed by atoms with Gasteiger partial charge in [-0.15, -0.1) is 0 Å². The molecule has 10 rings (SSSR count). The molecule has 2 aromatic carbocycles. The van der Waals surface area contributed by atoms with E-state index in [2.05, 4.69) is 18.9 Å². The Kier molecular flexibility index (Phi) is 16.6. The molecule has 8 saturated carbocycles. The van der Waals surface area contributed by atoms with E-state index in [1.165, 1.54) is 14.1 Å². The molecule has 8 aliphatic rings. The molecule has 20 heteroatoms. The normalized spacial score (nSPS) is 32.7. The Balaban J connectivity index is 0.000000200. The Labute approximate surface area is 487 Å². The molecule has 4 N–H and O–H groups in total. The Morgan fingerprint density at radius 2 is 0.744 bits per heavy atom. The molecule has 0 radical (unpaired) electrons. The highest BCUT2D eigenvalue weighted by atomic mass is 32.2. The summed E-state index contributed by atoms with van der Waals surface area (Å²) in [5, 5.41) is 0. The first-order valence-electron chi connectivity index (χ1n) is 29.1. The van der Waals surface area contributed by atoms with Gasteiger partial charge in [0.15, 0.2) is 23.1 Å². The molecule has 448 valence electrons. The van der Waals surface area contributed by atoms with Crippen LogP contribution in [-0.4, -0.2) is 107 Å². The molecular weight excluding hydrogens is 1120 g/mol. The standard InChI is InChI=1S/C34H48N2O6S2.C28H36N2O6S2/c1-22(2)18-35-43(39,40)20-33-13-11-26(17-33)27(30(33)37)15-24-7-9-25(10-8-24)16-28-29-12-14-34(31(28)38,32(29,5)6)21-44(41,42)36-19-23(3)4;1-26(2)23-10-12-28(26,17-38(35,36)30-4)25(32)22(23)14-19-7-5-18(6-8-19)13-21-20-9-11-27(15-20,24(21)31)16-37(33,34)29-3/h7-10,15-16,22-23,26,29,35-36H,11-14,17-21H2,1-6H3;5-8,13-14,20,23,29-30H,9-12,15-17H2,1-4H3/b27-15+,28-16+;21-13+,22-14+. The summed E-state index contributed by atoms with van der Waals surface area (Å²) in [6, 6.07) is 15.3. The lowest BCUT2D eigenvalue weighted by Crippen LogP contribution is -2.46. The molecule has 0 spiro atoms. The number of benzene rings is 2. The second-order valence-corrected chi connectivity index (χ2v) is 34.7. The summed E-state index contributed by atoms with van der Waals surface area (Å²) in [4.78, 5) is 54.3. The van der Waals surface area contributed by atoms with Crippen LogP contribution < -0.4 is 18.9 Å². The maximum Gasteiger partial charge on any atom is 0.212 e. The summed E-state index contributed by atoms with van der Waals surface area (Å²) in [7, 11) is -11.5. The maximum atomic E-state index is 13.9. The predicted molar refractivity (Wildman–Crippen MR) is 321 cm³/mol. The molecule has 82 heavy (non-hydrogen) atoms. The van der Waals surface area contributed by atoms with Crippen molar-refractivity contribution in [1.82, 2.24) is 18.9 Å². The number of carbonyl (C=O) groups excluding carboxylic acids is 4. The van der Waals surface area contributed by atoms with E-state index in [1.807, 2.05) is 128 Å². The summed E-state index contributed by atoms with van der Waals surface area (Å²) in [5.74, 6) is -0.447. The molecule has 0 saturated heterocycles. The third-order valence-electron chi connectivity index (χ3n) is 20.7. The van der Waals surface area contributed by atoms with E-state index in [4.69, 9.17) is 0 Å². The van der Waals surface area contributed by atoms with Crippen molar-refractivity contribution in [2.75, 3.05) is 50.2 Å². The van der Waals surface area contributed by atoms with Crippen molar-refractivity contribution in [3.8, 4) is 0 Å². The van der Waals surface area contributed by atoms with Crippen LogP contribution in [0.4, 0.5) is 0 Å². The van der Waals surface area contributed by atoms with Gasteiger partial charge in [0.05, 0.1) is 33.8 Å². The highest BCUT2D eigenvalue weighted by Crippen LogP contribution is 2.68. The van der Waals surface area contributed by atoms with Crippen molar-refractivity contribution in [2.24, 2.45) is 68.0 Å². The van der Waals surface area contributed by atoms with Crippen molar-refractivity contribution in [3.63, 3.8) is 0 Å². The molecule has 0 aromatic heterocycles. The maximum absolute atomic E-state index is 13.9. The second-order valence-electron chi connectivity index (χ2n) is 27.2. The van der Waals surface area contributed by atoms with Gasteiger partial charge in [0.25, 0.3) is 0 Å². The van der Waals surface area contributed by atoms with Crippen LogP contribution in [-0.2, 0) is 59.3 Å². The molecule has 8 unspecified atom stereocenters. The summed E-state index contributed by atoms with van der Waals surface area (Å²) in [5.41, 5.74) is 1.76. The first kappa shape index (κ1) is 62.3. The van der Waals surface area contributed by atoms with Gasteiger partial charge >= 0.3 is 0 Å². The molecule has 8 atom stereocenters. The van der Waals surface area contributed by atoms with E-state index in [-0.39, 0.29) is 81.7 Å². The molecule has 8 aliphatic carbocycles. The molecule has 0 amide bonds. The van der Waals surface area contributed by atoms with Crippen molar-refractivity contribution in [1.29, 1.82) is 0 Å². The van der Waals surface area contributed by atoms with E-state index >= 15 is 0 Å². The van der Waals surface area contributed by atoms with E-state index in [0.717, 1.165) is 47.9 Å². The lowest BCUT2D eigenvalue weighted by molar-refractivity contribution is -0.125. The number of Topliss-reactive ketones (excluding diaryl/α,β-unsaturated/α-hetero) is 4. The molecule has 0 aliphatic heterocycles. The predicted octanol–water partition coefficient (Wildman–Crippen LogP) is 7.91.